The first-order valence-electron chi connectivity index (χ1n) is 10.1. The average molecular weight is 457 g/mol. The van der Waals surface area contributed by atoms with E-state index in [-0.39, 0.29) is 12.3 Å². The number of aromatic amines is 1. The van der Waals surface area contributed by atoms with E-state index < -0.39 is 60.6 Å². The Hall–Kier alpha value is -3.03. The second-order valence-electron chi connectivity index (χ2n) is 7.89. The van der Waals surface area contributed by atoms with Crippen molar-refractivity contribution in [3.8, 4) is 0 Å². The van der Waals surface area contributed by atoms with Gasteiger partial charge in [0.1, 0.15) is 18.1 Å². The summed E-state index contributed by atoms with van der Waals surface area (Å²) in [6, 6.07) is -5.18. The van der Waals surface area contributed by atoms with Gasteiger partial charge in [0, 0.05) is 18.3 Å². The molecule has 5 atom stereocenters. The van der Waals surface area contributed by atoms with Crippen LogP contribution in [0.15, 0.2) is 12.5 Å². The van der Waals surface area contributed by atoms with Crippen LogP contribution in [0.1, 0.15) is 32.9 Å². The van der Waals surface area contributed by atoms with Gasteiger partial charge in [0.25, 0.3) is 0 Å². The predicted octanol–water partition coefficient (Wildman–Crippen LogP) is -2.76. The minimum Gasteiger partial charge on any atom is -0.480 e. The number of H-pyrrole nitrogens is 1. The summed E-state index contributed by atoms with van der Waals surface area (Å²) >= 11 is 0. The molecule has 1 rings (SSSR count). The fourth-order valence-corrected chi connectivity index (χ4v) is 2.83. The van der Waals surface area contributed by atoms with Gasteiger partial charge in [0.15, 0.2) is 0 Å². The van der Waals surface area contributed by atoms with Gasteiger partial charge in [0.05, 0.1) is 25.1 Å². The number of rotatable bonds is 13. The molecule has 0 aliphatic rings. The fraction of sp³-hybridized carbons (Fsp3) is 0.632. The number of hydrogen-bond donors (Lipinski definition) is 8. The van der Waals surface area contributed by atoms with Crippen LogP contribution in [0.3, 0.4) is 0 Å². The molecule has 180 valence electrons. The summed E-state index contributed by atoms with van der Waals surface area (Å²) in [5.41, 5.74) is 6.41. The van der Waals surface area contributed by atoms with Gasteiger partial charge in [-0.3, -0.25) is 14.4 Å². The van der Waals surface area contributed by atoms with Crippen LogP contribution in [0.5, 0.6) is 0 Å². The second-order valence-corrected chi connectivity index (χ2v) is 7.89. The van der Waals surface area contributed by atoms with E-state index in [4.69, 9.17) is 15.9 Å². The SMILES string of the molecule is CC(C)CC(N)C(=O)NC(Cc1cnc[nH]1)C(=O)NC(C(=O)NC(CO)C(=O)O)C(C)O. The van der Waals surface area contributed by atoms with E-state index in [0.29, 0.717) is 12.1 Å². The van der Waals surface area contributed by atoms with Crippen molar-refractivity contribution >= 4 is 23.7 Å². The number of carbonyl (C=O) groups excluding carboxylic acids is 3. The van der Waals surface area contributed by atoms with Crippen molar-refractivity contribution in [3.63, 3.8) is 0 Å². The van der Waals surface area contributed by atoms with Crippen molar-refractivity contribution in [3.05, 3.63) is 18.2 Å². The Morgan fingerprint density at radius 2 is 1.69 bits per heavy atom. The molecule has 0 aliphatic heterocycles. The lowest BCUT2D eigenvalue weighted by atomic mass is 10.0. The van der Waals surface area contributed by atoms with Crippen molar-refractivity contribution in [1.82, 2.24) is 25.9 Å². The predicted molar refractivity (Wildman–Crippen MR) is 112 cm³/mol. The number of aromatic nitrogens is 2. The van der Waals surface area contributed by atoms with E-state index in [2.05, 4.69) is 20.6 Å². The van der Waals surface area contributed by atoms with Gasteiger partial charge in [-0.15, -0.1) is 0 Å². The third-order valence-electron chi connectivity index (χ3n) is 4.53. The maximum Gasteiger partial charge on any atom is 0.328 e. The zero-order valence-electron chi connectivity index (χ0n) is 18.2. The number of carbonyl (C=O) groups is 4. The van der Waals surface area contributed by atoms with Crippen molar-refractivity contribution in [2.45, 2.75) is 63.9 Å². The van der Waals surface area contributed by atoms with E-state index in [1.165, 1.54) is 19.4 Å². The third-order valence-corrected chi connectivity index (χ3v) is 4.53. The summed E-state index contributed by atoms with van der Waals surface area (Å²) in [6.45, 7) is 4.13. The van der Waals surface area contributed by atoms with Crippen molar-refractivity contribution in [2.75, 3.05) is 6.61 Å². The lowest BCUT2D eigenvalue weighted by Crippen LogP contribution is -2.60. The molecule has 0 saturated carbocycles. The van der Waals surface area contributed by atoms with E-state index >= 15 is 0 Å². The zero-order chi connectivity index (χ0) is 24.4. The lowest BCUT2D eigenvalue weighted by molar-refractivity contribution is -0.144. The monoisotopic (exact) mass is 456 g/mol. The summed E-state index contributed by atoms with van der Waals surface area (Å²) in [4.78, 5) is 55.5. The van der Waals surface area contributed by atoms with Gasteiger partial charge in [-0.25, -0.2) is 9.78 Å². The standard InChI is InChI=1S/C19H32N6O7/c1-9(2)4-12(20)16(28)23-13(5-11-6-21-8-22-11)17(29)25-15(10(3)27)18(30)24-14(7-26)19(31)32/h6,8-10,12-15,26-27H,4-5,7,20H2,1-3H3,(H,21,22)(H,23,28)(H,24,30)(H,25,29)(H,31,32). The molecular weight excluding hydrogens is 424 g/mol. The summed E-state index contributed by atoms with van der Waals surface area (Å²) in [5.74, 6) is -3.73. The maximum atomic E-state index is 12.9. The highest BCUT2D eigenvalue weighted by Gasteiger charge is 2.32. The van der Waals surface area contributed by atoms with E-state index in [1.807, 2.05) is 19.2 Å². The highest BCUT2D eigenvalue weighted by molar-refractivity contribution is 5.94. The summed E-state index contributed by atoms with van der Waals surface area (Å²) in [7, 11) is 0. The minimum absolute atomic E-state index is 0.00545. The number of hydrogen-bond acceptors (Lipinski definition) is 8. The molecule has 1 aromatic heterocycles. The van der Waals surface area contributed by atoms with Gasteiger partial charge in [-0.05, 0) is 19.3 Å². The lowest BCUT2D eigenvalue weighted by Gasteiger charge is -2.26. The quantitative estimate of drug-likeness (QED) is 0.154. The highest BCUT2D eigenvalue weighted by atomic mass is 16.4. The highest BCUT2D eigenvalue weighted by Crippen LogP contribution is 2.06. The topological polar surface area (TPSA) is 220 Å². The first-order valence-corrected chi connectivity index (χ1v) is 10.1. The van der Waals surface area contributed by atoms with Crippen molar-refractivity contribution in [2.24, 2.45) is 11.7 Å². The summed E-state index contributed by atoms with van der Waals surface area (Å²) < 4.78 is 0. The molecule has 0 radical (unpaired) electrons. The number of aliphatic hydroxyl groups excluding tert-OH is 2. The van der Waals surface area contributed by atoms with Crippen LogP contribution in [0, 0.1) is 5.92 Å². The van der Waals surface area contributed by atoms with Crippen LogP contribution in [0.25, 0.3) is 0 Å². The molecule has 5 unspecified atom stereocenters. The van der Waals surface area contributed by atoms with Gasteiger partial charge in [-0.2, -0.15) is 0 Å². The molecule has 0 fully saturated rings. The molecule has 0 aliphatic carbocycles. The summed E-state index contributed by atoms with van der Waals surface area (Å²) in [5, 5.41) is 34.9. The Morgan fingerprint density at radius 1 is 1.06 bits per heavy atom. The number of nitrogens with zero attached hydrogens (tertiary/aromatic N) is 1. The molecule has 13 heteroatoms. The van der Waals surface area contributed by atoms with Crippen LogP contribution < -0.4 is 21.7 Å². The van der Waals surface area contributed by atoms with Crippen LogP contribution in [0.4, 0.5) is 0 Å². The normalized spacial score (nSPS) is 15.8. The third kappa shape index (κ3) is 8.61. The molecule has 1 heterocycles. The molecule has 0 aromatic carbocycles. The van der Waals surface area contributed by atoms with E-state index in [9.17, 15) is 24.3 Å². The number of nitrogens with two attached hydrogens (primary N) is 1. The molecular formula is C19H32N6O7. The van der Waals surface area contributed by atoms with Crippen LogP contribution in [-0.2, 0) is 25.6 Å². The first kappa shape index (κ1) is 27.0. The fourth-order valence-electron chi connectivity index (χ4n) is 2.83. The Labute approximate surface area is 185 Å². The first-order chi connectivity index (χ1) is 15.0. The van der Waals surface area contributed by atoms with E-state index in [1.54, 1.807) is 0 Å². The van der Waals surface area contributed by atoms with Gasteiger partial charge < -0.3 is 42.0 Å². The summed E-state index contributed by atoms with van der Waals surface area (Å²) in [6.07, 6.45) is 1.83. The van der Waals surface area contributed by atoms with Crippen molar-refractivity contribution < 1.29 is 34.5 Å². The number of nitrogens with one attached hydrogen (secondary N) is 4. The van der Waals surface area contributed by atoms with E-state index in [0.717, 1.165) is 0 Å². The molecule has 13 nitrogen and oxygen atoms in total. The Kier molecular flexibility index (Phi) is 10.7. The molecule has 0 saturated heterocycles. The molecule has 3 amide bonds. The average Bonchev–Trinajstić information content (AvgIpc) is 3.21. The van der Waals surface area contributed by atoms with Crippen LogP contribution >= 0.6 is 0 Å². The van der Waals surface area contributed by atoms with Gasteiger partial charge >= 0.3 is 5.97 Å². The maximum absolute atomic E-state index is 12.9. The molecule has 9 N–H and O–H groups in total. The largest absolute Gasteiger partial charge is 0.480 e. The van der Waals surface area contributed by atoms with Crippen LogP contribution in [0.2, 0.25) is 0 Å². The number of amides is 3. The van der Waals surface area contributed by atoms with Gasteiger partial charge in [0.2, 0.25) is 17.7 Å². The number of aliphatic carboxylic acids is 1. The van der Waals surface area contributed by atoms with Gasteiger partial charge in [-0.1, -0.05) is 13.8 Å². The van der Waals surface area contributed by atoms with Crippen LogP contribution in [-0.4, -0.2) is 85.9 Å². The number of carboxylic acid groups (broad SMARTS) is 1. The molecule has 32 heavy (non-hydrogen) atoms. The number of carboxylic acids is 1. The molecule has 0 bridgehead atoms. The zero-order valence-corrected chi connectivity index (χ0v) is 18.2. The van der Waals surface area contributed by atoms with Crippen molar-refractivity contribution in [1.29, 1.82) is 0 Å². The number of imidazole rings is 1. The molecule has 1 aromatic rings. The molecule has 0 spiro atoms. The number of aliphatic hydroxyl groups is 2. The smallest absolute Gasteiger partial charge is 0.328 e. The Morgan fingerprint density at radius 3 is 2.16 bits per heavy atom. The Balaban J connectivity index is 2.98. The Bertz CT molecular complexity index is 768. The second kappa shape index (κ2) is 12.7. The minimum atomic E-state index is -1.62.